The van der Waals surface area contributed by atoms with Gasteiger partial charge in [0, 0.05) is 26.2 Å². The topological polar surface area (TPSA) is 62.1 Å². The summed E-state index contributed by atoms with van der Waals surface area (Å²) < 4.78 is 5.16. The van der Waals surface area contributed by atoms with Gasteiger partial charge in [-0.05, 0) is 19.3 Å². The van der Waals surface area contributed by atoms with Gasteiger partial charge in [0.15, 0.2) is 0 Å². The van der Waals surface area contributed by atoms with Gasteiger partial charge in [-0.25, -0.2) is 0 Å². The molecule has 0 aliphatic carbocycles. The number of nitriles is 1. The van der Waals surface area contributed by atoms with E-state index in [0.717, 1.165) is 6.42 Å². The summed E-state index contributed by atoms with van der Waals surface area (Å²) in [7, 11) is 0. The average Bonchev–Trinajstić information content (AvgIpc) is 2.35. The lowest BCUT2D eigenvalue weighted by Gasteiger charge is -2.29. The molecule has 4 heteroatoms. The van der Waals surface area contributed by atoms with Crippen LogP contribution >= 0.6 is 0 Å². The minimum Gasteiger partial charge on any atom is -0.381 e. The molecule has 1 aliphatic heterocycles. The second-order valence-electron chi connectivity index (χ2n) is 3.87. The van der Waals surface area contributed by atoms with Crippen LogP contribution in [0.2, 0.25) is 0 Å². The van der Waals surface area contributed by atoms with Crippen LogP contribution < -0.4 is 5.32 Å². The third-order valence-corrected chi connectivity index (χ3v) is 2.78. The van der Waals surface area contributed by atoms with Gasteiger partial charge in [0.05, 0.1) is 6.07 Å². The smallest absolute Gasteiger partial charge is 0.240 e. The van der Waals surface area contributed by atoms with Crippen molar-refractivity contribution in [2.45, 2.75) is 25.7 Å². The number of hydrogen-bond acceptors (Lipinski definition) is 3. The van der Waals surface area contributed by atoms with Crippen molar-refractivity contribution in [1.82, 2.24) is 5.32 Å². The fourth-order valence-electron chi connectivity index (χ4n) is 1.67. The van der Waals surface area contributed by atoms with Crippen LogP contribution in [0.25, 0.3) is 0 Å². The van der Waals surface area contributed by atoms with Crippen LogP contribution in [0.5, 0.6) is 0 Å². The Balaban J connectivity index is 2.44. The van der Waals surface area contributed by atoms with Gasteiger partial charge in [0.25, 0.3) is 0 Å². The van der Waals surface area contributed by atoms with Crippen molar-refractivity contribution >= 4 is 5.91 Å². The van der Waals surface area contributed by atoms with Gasteiger partial charge in [0.2, 0.25) is 5.91 Å². The van der Waals surface area contributed by atoms with Gasteiger partial charge in [-0.1, -0.05) is 0 Å². The molecule has 1 heterocycles. The summed E-state index contributed by atoms with van der Waals surface area (Å²) in [4.78, 5) is 11.9. The molecule has 4 nitrogen and oxygen atoms in total. The molecule has 1 amide bonds. The summed E-state index contributed by atoms with van der Waals surface area (Å²) >= 11 is 0. The summed E-state index contributed by atoms with van der Waals surface area (Å²) in [6, 6.07) is 2.13. The minimum atomic E-state index is -0.894. The van der Waals surface area contributed by atoms with E-state index in [1.807, 2.05) is 0 Å². The minimum absolute atomic E-state index is 0.185. The highest BCUT2D eigenvalue weighted by Gasteiger charge is 2.40. The molecule has 0 aromatic rings. The monoisotopic (exact) mass is 220 g/mol. The molecular formula is C12H16N2O2. The third kappa shape index (κ3) is 2.98. The molecular weight excluding hydrogens is 204 g/mol. The van der Waals surface area contributed by atoms with Crippen LogP contribution in [0, 0.1) is 29.1 Å². The molecule has 0 spiro atoms. The van der Waals surface area contributed by atoms with Crippen LogP contribution in [0.15, 0.2) is 0 Å². The number of ether oxygens (including phenoxy) is 1. The Labute approximate surface area is 96.0 Å². The summed E-state index contributed by atoms with van der Waals surface area (Å²) in [6.45, 7) is 1.49. The molecule has 0 radical (unpaired) electrons. The van der Waals surface area contributed by atoms with E-state index in [2.05, 4.69) is 17.3 Å². The fraction of sp³-hybridized carbons (Fsp3) is 0.667. The van der Waals surface area contributed by atoms with Crippen molar-refractivity contribution in [1.29, 1.82) is 5.26 Å². The fourth-order valence-corrected chi connectivity index (χ4v) is 1.67. The van der Waals surface area contributed by atoms with E-state index in [0.29, 0.717) is 39.0 Å². The Morgan fingerprint density at radius 2 is 2.19 bits per heavy atom. The van der Waals surface area contributed by atoms with E-state index >= 15 is 0 Å². The van der Waals surface area contributed by atoms with Gasteiger partial charge >= 0.3 is 0 Å². The van der Waals surface area contributed by atoms with Crippen LogP contribution in [0.4, 0.5) is 0 Å². The maximum Gasteiger partial charge on any atom is 0.240 e. The first-order chi connectivity index (χ1) is 7.75. The molecule has 1 saturated heterocycles. The summed E-state index contributed by atoms with van der Waals surface area (Å²) in [5, 5.41) is 11.9. The standard InChI is InChI=1S/C12H16N2O2/c1-2-3-4-7-14-11(15)12(10-13)5-8-16-9-6-12/h1H,3-9H2,(H,14,15). The van der Waals surface area contributed by atoms with Crippen molar-refractivity contribution < 1.29 is 9.53 Å². The van der Waals surface area contributed by atoms with E-state index in [1.54, 1.807) is 0 Å². The molecule has 0 aromatic heterocycles. The van der Waals surface area contributed by atoms with Crippen LogP contribution in [0.1, 0.15) is 25.7 Å². The number of amides is 1. The Bertz CT molecular complexity index is 319. The number of nitrogens with zero attached hydrogens (tertiary/aromatic N) is 1. The lowest BCUT2D eigenvalue weighted by atomic mass is 9.81. The number of unbranched alkanes of at least 4 members (excludes halogenated alkanes) is 1. The zero-order valence-corrected chi connectivity index (χ0v) is 9.29. The maximum absolute atomic E-state index is 11.9. The first kappa shape index (κ1) is 12.5. The summed E-state index contributed by atoms with van der Waals surface area (Å²) in [5.41, 5.74) is -0.894. The quantitative estimate of drug-likeness (QED) is 0.564. The summed E-state index contributed by atoms with van der Waals surface area (Å²) in [5.74, 6) is 2.32. The van der Waals surface area contributed by atoms with E-state index in [9.17, 15) is 4.79 Å². The van der Waals surface area contributed by atoms with Crippen LogP contribution in [-0.2, 0) is 9.53 Å². The third-order valence-electron chi connectivity index (χ3n) is 2.78. The Morgan fingerprint density at radius 1 is 1.50 bits per heavy atom. The highest BCUT2D eigenvalue weighted by atomic mass is 16.5. The van der Waals surface area contributed by atoms with Crippen LogP contribution in [-0.4, -0.2) is 25.7 Å². The zero-order chi connectivity index (χ0) is 11.9. The highest BCUT2D eigenvalue weighted by molar-refractivity contribution is 5.85. The van der Waals surface area contributed by atoms with E-state index in [-0.39, 0.29) is 5.91 Å². The molecule has 0 aromatic carbocycles. The molecule has 0 atom stereocenters. The zero-order valence-electron chi connectivity index (χ0n) is 9.29. The Kier molecular flexibility index (Phi) is 4.82. The Hall–Kier alpha value is -1.52. The van der Waals surface area contributed by atoms with E-state index in [1.165, 1.54) is 0 Å². The molecule has 1 rings (SSSR count). The lowest BCUT2D eigenvalue weighted by molar-refractivity contribution is -0.132. The normalized spacial score (nSPS) is 18.1. The van der Waals surface area contributed by atoms with Gasteiger partial charge in [0.1, 0.15) is 5.41 Å². The molecule has 1 aliphatic rings. The van der Waals surface area contributed by atoms with E-state index in [4.69, 9.17) is 16.4 Å². The second kappa shape index (κ2) is 6.15. The number of hydrogen-bond donors (Lipinski definition) is 1. The molecule has 16 heavy (non-hydrogen) atoms. The van der Waals surface area contributed by atoms with Crippen molar-refractivity contribution in [3.8, 4) is 18.4 Å². The molecule has 0 bridgehead atoms. The van der Waals surface area contributed by atoms with E-state index < -0.39 is 5.41 Å². The van der Waals surface area contributed by atoms with Gasteiger partial charge in [-0.2, -0.15) is 5.26 Å². The first-order valence-corrected chi connectivity index (χ1v) is 5.46. The number of terminal acetylenes is 1. The van der Waals surface area contributed by atoms with Gasteiger partial charge in [-0.15, -0.1) is 12.3 Å². The molecule has 1 fully saturated rings. The SMILES string of the molecule is C#CCCCNC(=O)C1(C#N)CCOCC1. The summed E-state index contributed by atoms with van der Waals surface area (Å²) in [6.07, 6.45) is 7.45. The number of carbonyl (C=O) groups excluding carboxylic acids is 1. The van der Waals surface area contributed by atoms with Crippen molar-refractivity contribution in [3.63, 3.8) is 0 Å². The van der Waals surface area contributed by atoms with Crippen molar-refractivity contribution in [2.75, 3.05) is 19.8 Å². The van der Waals surface area contributed by atoms with Crippen molar-refractivity contribution in [3.05, 3.63) is 0 Å². The predicted octanol–water partition coefficient (Wildman–Crippen LogP) is 0.836. The molecule has 0 saturated carbocycles. The maximum atomic E-state index is 11.9. The predicted molar refractivity (Wildman–Crippen MR) is 59.2 cm³/mol. The Morgan fingerprint density at radius 3 is 2.75 bits per heavy atom. The molecule has 1 N–H and O–H groups in total. The first-order valence-electron chi connectivity index (χ1n) is 5.46. The number of nitrogens with one attached hydrogen (secondary N) is 1. The number of rotatable bonds is 4. The second-order valence-corrected chi connectivity index (χ2v) is 3.87. The van der Waals surface area contributed by atoms with Crippen LogP contribution in [0.3, 0.4) is 0 Å². The number of carbonyl (C=O) groups is 1. The van der Waals surface area contributed by atoms with Gasteiger partial charge < -0.3 is 10.1 Å². The highest BCUT2D eigenvalue weighted by Crippen LogP contribution is 2.29. The lowest BCUT2D eigenvalue weighted by Crippen LogP contribution is -2.44. The molecule has 0 unspecified atom stereocenters. The molecule has 86 valence electrons. The largest absolute Gasteiger partial charge is 0.381 e. The van der Waals surface area contributed by atoms with Gasteiger partial charge in [-0.3, -0.25) is 4.79 Å². The average molecular weight is 220 g/mol. The van der Waals surface area contributed by atoms with Crippen molar-refractivity contribution in [2.24, 2.45) is 5.41 Å².